The van der Waals surface area contributed by atoms with E-state index >= 15 is 0 Å². The van der Waals surface area contributed by atoms with Crippen LogP contribution in [0, 0.1) is 11.8 Å². The number of benzene rings is 3. The second-order valence-corrected chi connectivity index (χ2v) is 11.0. The average molecular weight is 604 g/mol. The number of amides is 1. The minimum Gasteiger partial charge on any atom is -0.494 e. The molecule has 1 amide bonds. The molecule has 0 saturated carbocycles. The van der Waals surface area contributed by atoms with Crippen LogP contribution in [0.4, 0.5) is 0 Å². The zero-order valence-electron chi connectivity index (χ0n) is 25.5. The van der Waals surface area contributed by atoms with E-state index in [-0.39, 0.29) is 12.2 Å². The minimum absolute atomic E-state index is 0.230. The summed E-state index contributed by atoms with van der Waals surface area (Å²) < 4.78 is 22.2. The van der Waals surface area contributed by atoms with Crippen LogP contribution in [0.5, 0.6) is 23.0 Å². The molecule has 2 aliphatic heterocycles. The number of fused-ring (bicyclic) bond motifs is 12. The van der Waals surface area contributed by atoms with Gasteiger partial charge in [-0.05, 0) is 73.9 Å². The molecule has 0 spiro atoms. The third-order valence-corrected chi connectivity index (χ3v) is 8.08. The Labute approximate surface area is 258 Å². The molecular weight excluding hydrogens is 562 g/mol. The molecule has 3 aromatic carbocycles. The zero-order valence-corrected chi connectivity index (χ0v) is 25.5. The number of ether oxygens (including phenoxy) is 4. The highest BCUT2D eigenvalue weighted by atomic mass is 16.5. The van der Waals surface area contributed by atoms with Crippen LogP contribution in [0.1, 0.15) is 53.6 Å². The van der Waals surface area contributed by atoms with Gasteiger partial charge in [-0.1, -0.05) is 42.5 Å². The van der Waals surface area contributed by atoms with Crippen LogP contribution in [-0.4, -0.2) is 56.7 Å². The maximum atomic E-state index is 14.0. The molecule has 44 heavy (non-hydrogen) atoms. The number of nitrogens with one attached hydrogen (secondary N) is 1. The van der Waals surface area contributed by atoms with Crippen molar-refractivity contribution in [2.24, 2.45) is 11.8 Å². The van der Waals surface area contributed by atoms with Crippen molar-refractivity contribution >= 4 is 17.7 Å². The highest BCUT2D eigenvalue weighted by Gasteiger charge is 2.35. The minimum atomic E-state index is -1.03. The van der Waals surface area contributed by atoms with E-state index in [1.807, 2.05) is 42.5 Å². The van der Waals surface area contributed by atoms with Gasteiger partial charge in [-0.3, -0.25) is 14.4 Å². The Morgan fingerprint density at radius 2 is 1.61 bits per heavy atom. The number of aliphatic carboxylic acids is 1. The molecule has 234 valence electrons. The van der Waals surface area contributed by atoms with Crippen LogP contribution in [0.3, 0.4) is 0 Å². The molecular formula is C35H41NO8. The van der Waals surface area contributed by atoms with Gasteiger partial charge in [0.05, 0.1) is 45.8 Å². The second kappa shape index (κ2) is 15.8. The Kier molecular flexibility index (Phi) is 11.6. The number of ketones is 1. The van der Waals surface area contributed by atoms with E-state index in [0.29, 0.717) is 73.7 Å². The molecule has 0 unspecified atom stereocenters. The smallest absolute Gasteiger partial charge is 0.307 e. The van der Waals surface area contributed by atoms with E-state index in [0.717, 1.165) is 11.1 Å². The van der Waals surface area contributed by atoms with Crippen molar-refractivity contribution in [3.63, 3.8) is 0 Å². The van der Waals surface area contributed by atoms with Crippen LogP contribution in [0.25, 0.3) is 0 Å². The molecule has 9 nitrogen and oxygen atoms in total. The van der Waals surface area contributed by atoms with Gasteiger partial charge in [0.25, 0.3) is 0 Å². The fourth-order valence-electron chi connectivity index (χ4n) is 5.72. The number of methoxy groups -OCH3 is 3. The predicted octanol–water partition coefficient (Wildman–Crippen LogP) is 5.53. The molecule has 0 radical (unpaired) electrons. The first-order valence-corrected chi connectivity index (χ1v) is 15.0. The molecule has 0 aliphatic carbocycles. The van der Waals surface area contributed by atoms with Crippen molar-refractivity contribution in [1.29, 1.82) is 0 Å². The standard InChI is InChI=1S/C35H41NO8/c1-41-30-21-24(22-31(42-2)33(30)43-3)10-9-14-27-28(35(39)40)13-7-8-19-44-26-17-15-23(16-18-26)20-29(36-34(27)38)32(37)25-11-5-4-6-12-25/h4-6,11-12,15-18,21-22,27-29H,7-10,13-14,19-20H2,1-3H3,(H,36,38)(H,39,40)/t27-,28+,29+/m1/s1. The van der Waals surface area contributed by atoms with Crippen molar-refractivity contribution in [3.8, 4) is 23.0 Å². The van der Waals surface area contributed by atoms with E-state index < -0.39 is 29.8 Å². The molecule has 9 heteroatoms. The van der Waals surface area contributed by atoms with Crippen LogP contribution in [0.2, 0.25) is 0 Å². The van der Waals surface area contributed by atoms with Crippen molar-refractivity contribution in [2.45, 2.75) is 51.0 Å². The lowest BCUT2D eigenvalue weighted by Crippen LogP contribution is -2.47. The van der Waals surface area contributed by atoms with Crippen molar-refractivity contribution < 1.29 is 38.4 Å². The van der Waals surface area contributed by atoms with E-state index in [4.69, 9.17) is 18.9 Å². The number of Topliss-reactive ketones (excluding diaryl/α,β-unsaturated/α-hetero) is 1. The summed E-state index contributed by atoms with van der Waals surface area (Å²) in [5, 5.41) is 13.2. The van der Waals surface area contributed by atoms with Gasteiger partial charge in [0.1, 0.15) is 5.75 Å². The van der Waals surface area contributed by atoms with E-state index in [1.165, 1.54) is 7.11 Å². The highest BCUT2D eigenvalue weighted by Crippen LogP contribution is 2.39. The third kappa shape index (κ3) is 8.30. The molecule has 5 rings (SSSR count). The molecule has 3 atom stereocenters. The van der Waals surface area contributed by atoms with Crippen molar-refractivity contribution in [3.05, 3.63) is 83.4 Å². The van der Waals surface area contributed by atoms with Gasteiger partial charge in [0.15, 0.2) is 17.3 Å². The molecule has 3 aromatic rings. The van der Waals surface area contributed by atoms with Gasteiger partial charge < -0.3 is 29.4 Å². The first kappa shape index (κ1) is 32.4. The monoisotopic (exact) mass is 603 g/mol. The van der Waals surface area contributed by atoms with Gasteiger partial charge >= 0.3 is 5.97 Å². The Morgan fingerprint density at radius 3 is 2.23 bits per heavy atom. The van der Waals surface area contributed by atoms with Crippen molar-refractivity contribution in [1.82, 2.24) is 5.32 Å². The summed E-state index contributed by atoms with van der Waals surface area (Å²) in [4.78, 5) is 40.2. The van der Waals surface area contributed by atoms with Gasteiger partial charge in [0.2, 0.25) is 11.7 Å². The van der Waals surface area contributed by atoms with Gasteiger partial charge in [0, 0.05) is 12.0 Å². The van der Waals surface area contributed by atoms with Crippen LogP contribution >= 0.6 is 0 Å². The largest absolute Gasteiger partial charge is 0.494 e. The number of carbonyl (C=O) groups excluding carboxylic acids is 2. The molecule has 2 bridgehead atoms. The lowest BCUT2D eigenvalue weighted by Gasteiger charge is -2.26. The van der Waals surface area contributed by atoms with Gasteiger partial charge in [-0.25, -0.2) is 0 Å². The van der Waals surface area contributed by atoms with Crippen LogP contribution in [0.15, 0.2) is 66.7 Å². The third-order valence-electron chi connectivity index (χ3n) is 8.08. The normalized spacial score (nSPS) is 19.1. The first-order chi connectivity index (χ1) is 21.3. The summed E-state index contributed by atoms with van der Waals surface area (Å²) >= 11 is 0. The van der Waals surface area contributed by atoms with Crippen LogP contribution in [-0.2, 0) is 22.4 Å². The lowest BCUT2D eigenvalue weighted by molar-refractivity contribution is -0.148. The van der Waals surface area contributed by atoms with Crippen molar-refractivity contribution in [2.75, 3.05) is 27.9 Å². The fourth-order valence-corrected chi connectivity index (χ4v) is 5.72. The lowest BCUT2D eigenvalue weighted by atomic mass is 9.82. The number of hydrogen-bond donors (Lipinski definition) is 2. The number of rotatable bonds is 10. The Morgan fingerprint density at radius 1 is 0.932 bits per heavy atom. The summed E-state index contributed by atoms with van der Waals surface area (Å²) in [5.74, 6) is -1.21. The second-order valence-electron chi connectivity index (χ2n) is 11.0. The maximum Gasteiger partial charge on any atom is 0.307 e. The molecule has 2 aliphatic rings. The quantitative estimate of drug-likeness (QED) is 0.291. The van der Waals surface area contributed by atoms with E-state index in [9.17, 15) is 19.5 Å². The molecule has 0 saturated heterocycles. The number of carbonyl (C=O) groups is 3. The Hall–Kier alpha value is -4.53. The summed E-state index contributed by atoms with van der Waals surface area (Å²) in [6, 6.07) is 19.1. The summed E-state index contributed by atoms with van der Waals surface area (Å²) in [6.07, 6.45) is 3.21. The maximum absolute atomic E-state index is 14.0. The summed E-state index contributed by atoms with van der Waals surface area (Å²) in [6.45, 7) is 0.443. The topological polar surface area (TPSA) is 120 Å². The van der Waals surface area contributed by atoms with E-state index in [1.54, 1.807) is 38.5 Å². The average Bonchev–Trinajstić information content (AvgIpc) is 3.05. The molecule has 0 fully saturated rings. The Balaban J connectivity index is 1.61. The first-order valence-electron chi connectivity index (χ1n) is 15.0. The Bertz CT molecular complexity index is 1380. The van der Waals surface area contributed by atoms with Crippen LogP contribution < -0.4 is 24.3 Å². The molecule has 2 heterocycles. The van der Waals surface area contributed by atoms with E-state index in [2.05, 4.69) is 5.32 Å². The summed E-state index contributed by atoms with van der Waals surface area (Å²) in [7, 11) is 4.63. The highest BCUT2D eigenvalue weighted by molar-refractivity contribution is 6.02. The van der Waals surface area contributed by atoms with Gasteiger partial charge in [-0.2, -0.15) is 0 Å². The number of hydrogen-bond acceptors (Lipinski definition) is 7. The number of aryl methyl sites for hydroxylation is 1. The fraction of sp³-hybridized carbons (Fsp3) is 0.400. The number of carboxylic acids is 1. The zero-order chi connectivity index (χ0) is 31.5. The van der Waals surface area contributed by atoms with Gasteiger partial charge in [-0.15, -0.1) is 0 Å². The predicted molar refractivity (Wildman–Crippen MR) is 166 cm³/mol. The molecule has 0 aromatic heterocycles. The SMILES string of the molecule is COc1cc(CCC[C@H]2C(=O)N[C@H](C(=O)c3ccccc3)Cc3ccc(cc3)OCCCC[C@@H]2C(=O)O)cc(OC)c1OC. The molecule has 2 N–H and O–H groups in total. The summed E-state index contributed by atoms with van der Waals surface area (Å²) in [5.41, 5.74) is 2.24. The number of carboxylic acid groups (broad SMARTS) is 1.